The van der Waals surface area contributed by atoms with Gasteiger partial charge in [0.15, 0.2) is 0 Å². The maximum Gasteiger partial charge on any atom is 0.356 e. The maximum atomic E-state index is 11.8. The minimum absolute atomic E-state index is 0.00821. The normalized spacial score (nSPS) is 11.8. The van der Waals surface area contributed by atoms with E-state index in [4.69, 9.17) is 4.84 Å². The van der Waals surface area contributed by atoms with Gasteiger partial charge in [-0.3, -0.25) is 0 Å². The van der Waals surface area contributed by atoms with Gasteiger partial charge in [0.05, 0.1) is 11.6 Å². The molecule has 2 aromatic carbocycles. The summed E-state index contributed by atoms with van der Waals surface area (Å²) in [6.07, 6.45) is 0.839. The highest BCUT2D eigenvalue weighted by Gasteiger charge is 2.12. The summed E-state index contributed by atoms with van der Waals surface area (Å²) in [6, 6.07) is 18.9. The molecule has 0 aliphatic heterocycles. The fourth-order valence-electron chi connectivity index (χ4n) is 1.83. The van der Waals surface area contributed by atoms with Gasteiger partial charge in [-0.25, -0.2) is 4.79 Å². The summed E-state index contributed by atoms with van der Waals surface area (Å²) in [7, 11) is 0. The van der Waals surface area contributed by atoms with Crippen molar-refractivity contribution < 1.29 is 9.63 Å². The van der Waals surface area contributed by atoms with Crippen LogP contribution in [0.1, 0.15) is 35.3 Å². The summed E-state index contributed by atoms with van der Waals surface area (Å²) < 4.78 is 0. The molecule has 3 heteroatoms. The van der Waals surface area contributed by atoms with Crippen molar-refractivity contribution in [1.29, 1.82) is 0 Å². The fourth-order valence-corrected chi connectivity index (χ4v) is 1.83. The Morgan fingerprint density at radius 1 is 1.05 bits per heavy atom. The lowest BCUT2D eigenvalue weighted by atomic mass is 10.1. The molecule has 3 nitrogen and oxygen atoms in total. The third-order valence-corrected chi connectivity index (χ3v) is 2.91. The van der Waals surface area contributed by atoms with Crippen molar-refractivity contribution >= 4 is 5.97 Å². The van der Waals surface area contributed by atoms with Crippen LogP contribution in [0.25, 0.3) is 0 Å². The van der Waals surface area contributed by atoms with E-state index in [1.54, 1.807) is 12.1 Å². The van der Waals surface area contributed by atoms with E-state index in [1.165, 1.54) is 0 Å². The quantitative estimate of drug-likeness (QED) is 0.831. The van der Waals surface area contributed by atoms with Crippen LogP contribution in [-0.4, -0.2) is 5.97 Å². The van der Waals surface area contributed by atoms with Crippen molar-refractivity contribution in [3.8, 4) is 0 Å². The Kier molecular flexibility index (Phi) is 4.70. The average molecular weight is 255 g/mol. The lowest BCUT2D eigenvalue weighted by Gasteiger charge is -2.16. The van der Waals surface area contributed by atoms with Crippen LogP contribution in [0.5, 0.6) is 0 Å². The summed E-state index contributed by atoms with van der Waals surface area (Å²) in [5.74, 6) is -0.366. The van der Waals surface area contributed by atoms with Crippen LogP contribution in [0, 0.1) is 0 Å². The van der Waals surface area contributed by atoms with Gasteiger partial charge in [-0.2, -0.15) is 0 Å². The predicted molar refractivity (Wildman–Crippen MR) is 74.5 cm³/mol. The number of hydroxylamine groups is 1. The molecule has 0 aromatic heterocycles. The highest BCUT2D eigenvalue weighted by Crippen LogP contribution is 2.16. The fraction of sp³-hybridized carbons (Fsp3) is 0.188. The molecule has 2 aromatic rings. The van der Waals surface area contributed by atoms with Gasteiger partial charge in [0.2, 0.25) is 0 Å². The van der Waals surface area contributed by atoms with E-state index in [1.807, 2.05) is 55.5 Å². The maximum absolute atomic E-state index is 11.8. The molecule has 0 unspecified atom stereocenters. The Morgan fingerprint density at radius 3 is 2.21 bits per heavy atom. The minimum atomic E-state index is -0.366. The Balaban J connectivity index is 1.96. The third-order valence-electron chi connectivity index (χ3n) is 2.91. The third kappa shape index (κ3) is 3.66. The molecule has 0 heterocycles. The first kappa shape index (κ1) is 13.3. The van der Waals surface area contributed by atoms with Gasteiger partial charge in [-0.1, -0.05) is 55.5 Å². The van der Waals surface area contributed by atoms with Crippen molar-refractivity contribution in [2.45, 2.75) is 19.4 Å². The average Bonchev–Trinajstić information content (AvgIpc) is 2.49. The number of hydrogen-bond acceptors (Lipinski definition) is 3. The van der Waals surface area contributed by atoms with Crippen molar-refractivity contribution in [3.63, 3.8) is 0 Å². The topological polar surface area (TPSA) is 38.3 Å². The van der Waals surface area contributed by atoms with Crippen LogP contribution < -0.4 is 5.48 Å². The van der Waals surface area contributed by atoms with Crippen molar-refractivity contribution in [2.24, 2.45) is 0 Å². The molecule has 0 aliphatic rings. The Morgan fingerprint density at radius 2 is 1.63 bits per heavy atom. The molecule has 0 amide bonds. The standard InChI is InChI=1S/C16H17NO2/c1-2-15(13-9-5-3-6-10-13)17-19-16(18)14-11-7-4-8-12-14/h3-12,15,17H,2H2,1H3/t15-/m0/s1. The zero-order chi connectivity index (χ0) is 13.5. The van der Waals surface area contributed by atoms with Crippen molar-refractivity contribution in [2.75, 3.05) is 0 Å². The first-order valence-electron chi connectivity index (χ1n) is 6.38. The van der Waals surface area contributed by atoms with Crippen LogP contribution in [-0.2, 0) is 4.84 Å². The number of hydrogen-bond donors (Lipinski definition) is 1. The summed E-state index contributed by atoms with van der Waals surface area (Å²) >= 11 is 0. The highest BCUT2D eigenvalue weighted by molar-refractivity contribution is 5.89. The largest absolute Gasteiger partial charge is 0.366 e. The number of nitrogens with one attached hydrogen (secondary N) is 1. The molecule has 0 fully saturated rings. The first-order chi connectivity index (χ1) is 9.31. The zero-order valence-corrected chi connectivity index (χ0v) is 10.9. The summed E-state index contributed by atoms with van der Waals surface area (Å²) in [6.45, 7) is 2.04. The molecule has 0 bridgehead atoms. The molecule has 0 saturated carbocycles. The smallest absolute Gasteiger partial charge is 0.356 e. The van der Waals surface area contributed by atoms with Crippen LogP contribution in [0.2, 0.25) is 0 Å². The Hall–Kier alpha value is -2.13. The summed E-state index contributed by atoms with van der Waals surface area (Å²) in [4.78, 5) is 17.0. The van der Waals surface area contributed by atoms with Gasteiger partial charge in [0, 0.05) is 0 Å². The molecular weight excluding hydrogens is 238 g/mol. The summed E-state index contributed by atoms with van der Waals surface area (Å²) in [5, 5.41) is 0. The van der Waals surface area contributed by atoms with Crippen molar-refractivity contribution in [3.05, 3.63) is 71.8 Å². The zero-order valence-electron chi connectivity index (χ0n) is 10.9. The van der Waals surface area contributed by atoms with E-state index in [-0.39, 0.29) is 12.0 Å². The van der Waals surface area contributed by atoms with Crippen LogP contribution in [0.4, 0.5) is 0 Å². The molecule has 2 rings (SSSR count). The SMILES string of the molecule is CC[C@H](NOC(=O)c1ccccc1)c1ccccc1. The monoisotopic (exact) mass is 255 g/mol. The van der Waals surface area contributed by atoms with Gasteiger partial charge in [-0.15, -0.1) is 5.48 Å². The van der Waals surface area contributed by atoms with Gasteiger partial charge in [0.1, 0.15) is 0 Å². The lowest BCUT2D eigenvalue weighted by molar-refractivity contribution is 0.0147. The lowest BCUT2D eigenvalue weighted by Crippen LogP contribution is -2.24. The van der Waals surface area contributed by atoms with Gasteiger partial charge in [-0.05, 0) is 24.1 Å². The molecule has 98 valence electrons. The predicted octanol–water partition coefficient (Wildman–Crippen LogP) is 3.50. The van der Waals surface area contributed by atoms with Crippen LogP contribution >= 0.6 is 0 Å². The Bertz CT molecular complexity index is 511. The molecule has 1 N–H and O–H groups in total. The molecule has 0 saturated heterocycles. The molecule has 19 heavy (non-hydrogen) atoms. The summed E-state index contributed by atoms with van der Waals surface area (Å²) in [5.41, 5.74) is 4.48. The molecule has 1 atom stereocenters. The first-order valence-corrected chi connectivity index (χ1v) is 6.38. The van der Waals surface area contributed by atoms with Crippen LogP contribution in [0.3, 0.4) is 0 Å². The van der Waals surface area contributed by atoms with E-state index < -0.39 is 0 Å². The second kappa shape index (κ2) is 6.71. The van der Waals surface area contributed by atoms with E-state index in [9.17, 15) is 4.79 Å². The van der Waals surface area contributed by atoms with E-state index in [0.717, 1.165) is 12.0 Å². The minimum Gasteiger partial charge on any atom is -0.366 e. The molecular formula is C16H17NO2. The van der Waals surface area contributed by atoms with Gasteiger partial charge < -0.3 is 4.84 Å². The van der Waals surface area contributed by atoms with E-state index in [0.29, 0.717) is 5.56 Å². The van der Waals surface area contributed by atoms with Gasteiger partial charge >= 0.3 is 5.97 Å². The Labute approximate surface area is 113 Å². The van der Waals surface area contributed by atoms with Crippen LogP contribution in [0.15, 0.2) is 60.7 Å². The molecule has 0 radical (unpaired) electrons. The second-order valence-electron chi connectivity index (χ2n) is 4.24. The van der Waals surface area contributed by atoms with Crippen molar-refractivity contribution in [1.82, 2.24) is 5.48 Å². The highest BCUT2D eigenvalue weighted by atomic mass is 16.7. The molecule has 0 aliphatic carbocycles. The number of rotatable bonds is 5. The second-order valence-corrected chi connectivity index (χ2v) is 4.24. The van der Waals surface area contributed by atoms with Gasteiger partial charge in [0.25, 0.3) is 0 Å². The molecule has 0 spiro atoms. The number of carbonyl (C=O) groups excluding carboxylic acids is 1. The number of benzene rings is 2. The van der Waals surface area contributed by atoms with E-state index in [2.05, 4.69) is 5.48 Å². The number of carbonyl (C=O) groups is 1. The van der Waals surface area contributed by atoms with E-state index >= 15 is 0 Å².